The number of carbonyl (C=O) groups is 1. The van der Waals surface area contributed by atoms with Crippen molar-refractivity contribution in [2.24, 2.45) is 11.8 Å². The van der Waals surface area contributed by atoms with E-state index >= 15 is 0 Å². The monoisotopic (exact) mass is 318 g/mol. The van der Waals surface area contributed by atoms with Gasteiger partial charge in [-0.2, -0.15) is 0 Å². The minimum absolute atomic E-state index is 0.0344. The number of carbonyl (C=O) groups excluding carboxylic acids is 1. The Morgan fingerprint density at radius 2 is 1.76 bits per heavy atom. The van der Waals surface area contributed by atoms with E-state index in [0.717, 1.165) is 32.6 Å². The molecule has 122 valence electrons. The van der Waals surface area contributed by atoms with Gasteiger partial charge in [-0.1, -0.05) is 0 Å². The summed E-state index contributed by atoms with van der Waals surface area (Å²) in [6, 6.07) is 0. The standard InChI is InChI=1S/C14H26N2O4S/c1-15(11-12-5-9-20-10-6-12)14(17)13-3-7-16(8-4-13)21(2,18)19/h12-13H,3-11H2,1-2H3. The van der Waals surface area contributed by atoms with Gasteiger partial charge in [-0.15, -0.1) is 0 Å². The van der Waals surface area contributed by atoms with Crippen molar-refractivity contribution in [1.29, 1.82) is 0 Å². The summed E-state index contributed by atoms with van der Waals surface area (Å²) in [5.41, 5.74) is 0. The van der Waals surface area contributed by atoms with Crippen LogP contribution in [-0.4, -0.2) is 69.7 Å². The number of nitrogens with zero attached hydrogens (tertiary/aromatic N) is 2. The molecule has 2 aliphatic heterocycles. The number of rotatable bonds is 4. The lowest BCUT2D eigenvalue weighted by molar-refractivity contribution is -0.136. The minimum Gasteiger partial charge on any atom is -0.381 e. The Bertz CT molecular complexity index is 452. The Labute approximate surface area is 127 Å². The fourth-order valence-electron chi connectivity index (χ4n) is 3.15. The summed E-state index contributed by atoms with van der Waals surface area (Å²) in [4.78, 5) is 14.3. The maximum atomic E-state index is 12.5. The largest absolute Gasteiger partial charge is 0.381 e. The smallest absolute Gasteiger partial charge is 0.225 e. The van der Waals surface area contributed by atoms with E-state index in [1.807, 2.05) is 11.9 Å². The molecule has 2 aliphatic rings. The zero-order chi connectivity index (χ0) is 15.5. The predicted molar refractivity (Wildman–Crippen MR) is 80.3 cm³/mol. The molecule has 0 atom stereocenters. The van der Waals surface area contributed by atoms with Crippen molar-refractivity contribution in [3.05, 3.63) is 0 Å². The molecule has 1 amide bonds. The number of piperidine rings is 1. The Balaban J connectivity index is 1.80. The van der Waals surface area contributed by atoms with Crippen LogP contribution in [0.3, 0.4) is 0 Å². The van der Waals surface area contributed by atoms with Crippen molar-refractivity contribution >= 4 is 15.9 Å². The lowest BCUT2D eigenvalue weighted by Gasteiger charge is -2.33. The third-order valence-electron chi connectivity index (χ3n) is 4.52. The van der Waals surface area contributed by atoms with Gasteiger partial charge in [0.25, 0.3) is 0 Å². The summed E-state index contributed by atoms with van der Waals surface area (Å²) in [6.45, 7) is 3.29. The molecule has 0 aliphatic carbocycles. The average Bonchev–Trinajstić information content (AvgIpc) is 2.46. The van der Waals surface area contributed by atoms with E-state index in [4.69, 9.17) is 4.74 Å². The van der Waals surface area contributed by atoms with Gasteiger partial charge >= 0.3 is 0 Å². The van der Waals surface area contributed by atoms with Crippen LogP contribution >= 0.6 is 0 Å². The molecule has 6 nitrogen and oxygen atoms in total. The Morgan fingerprint density at radius 3 is 2.29 bits per heavy atom. The molecule has 0 aromatic carbocycles. The van der Waals surface area contributed by atoms with Crippen LogP contribution in [0.1, 0.15) is 25.7 Å². The highest BCUT2D eigenvalue weighted by Gasteiger charge is 2.31. The Hall–Kier alpha value is -0.660. The predicted octanol–water partition coefficient (Wildman–Crippen LogP) is 0.543. The van der Waals surface area contributed by atoms with E-state index in [9.17, 15) is 13.2 Å². The summed E-state index contributed by atoms with van der Waals surface area (Å²) < 4.78 is 29.8. The fourth-order valence-corrected chi connectivity index (χ4v) is 4.03. The third-order valence-corrected chi connectivity index (χ3v) is 5.82. The van der Waals surface area contributed by atoms with Crippen LogP contribution in [0.5, 0.6) is 0 Å². The molecule has 0 radical (unpaired) electrons. The molecule has 0 aromatic rings. The molecule has 0 aromatic heterocycles. The van der Waals surface area contributed by atoms with Crippen LogP contribution in [0.4, 0.5) is 0 Å². The normalized spacial score (nSPS) is 23.1. The molecular formula is C14H26N2O4S. The topological polar surface area (TPSA) is 66.9 Å². The third kappa shape index (κ3) is 4.66. The van der Waals surface area contributed by atoms with Crippen molar-refractivity contribution in [2.75, 3.05) is 46.2 Å². The van der Waals surface area contributed by atoms with Gasteiger partial charge in [-0.3, -0.25) is 4.79 Å². The van der Waals surface area contributed by atoms with Gasteiger partial charge < -0.3 is 9.64 Å². The molecule has 7 heteroatoms. The number of hydrogen-bond acceptors (Lipinski definition) is 4. The number of sulfonamides is 1. The lowest BCUT2D eigenvalue weighted by atomic mass is 9.95. The van der Waals surface area contributed by atoms with E-state index in [-0.39, 0.29) is 11.8 Å². The number of ether oxygens (including phenoxy) is 1. The molecule has 21 heavy (non-hydrogen) atoms. The highest BCUT2D eigenvalue weighted by Crippen LogP contribution is 2.22. The van der Waals surface area contributed by atoms with Crippen LogP contribution < -0.4 is 0 Å². The van der Waals surface area contributed by atoms with Gasteiger partial charge in [0.1, 0.15) is 0 Å². The Morgan fingerprint density at radius 1 is 1.19 bits per heavy atom. The highest BCUT2D eigenvalue weighted by atomic mass is 32.2. The van der Waals surface area contributed by atoms with Crippen LogP contribution in [0, 0.1) is 11.8 Å². The van der Waals surface area contributed by atoms with Gasteiger partial charge in [0, 0.05) is 45.8 Å². The average molecular weight is 318 g/mol. The summed E-state index contributed by atoms with van der Waals surface area (Å²) in [5.74, 6) is 0.659. The molecular weight excluding hydrogens is 292 g/mol. The van der Waals surface area contributed by atoms with Gasteiger partial charge in [0.05, 0.1) is 6.26 Å². The van der Waals surface area contributed by atoms with Crippen LogP contribution in [-0.2, 0) is 19.6 Å². The second kappa shape index (κ2) is 7.07. The Kier molecular flexibility index (Phi) is 5.62. The quantitative estimate of drug-likeness (QED) is 0.759. The SMILES string of the molecule is CN(CC1CCOCC1)C(=O)C1CCN(S(C)(=O)=O)CC1. The fraction of sp³-hybridized carbons (Fsp3) is 0.929. The van der Waals surface area contributed by atoms with Crippen molar-refractivity contribution in [3.8, 4) is 0 Å². The first-order chi connectivity index (χ1) is 9.88. The highest BCUT2D eigenvalue weighted by molar-refractivity contribution is 7.88. The van der Waals surface area contributed by atoms with E-state index in [0.29, 0.717) is 31.8 Å². The summed E-state index contributed by atoms with van der Waals surface area (Å²) >= 11 is 0. The molecule has 0 unspecified atom stereocenters. The van der Waals surface area contributed by atoms with Crippen molar-refractivity contribution in [1.82, 2.24) is 9.21 Å². The first kappa shape index (κ1) is 16.7. The zero-order valence-electron chi connectivity index (χ0n) is 13.0. The lowest BCUT2D eigenvalue weighted by Crippen LogP contribution is -2.44. The van der Waals surface area contributed by atoms with Gasteiger partial charge in [0.15, 0.2) is 0 Å². The molecule has 0 saturated carbocycles. The van der Waals surface area contributed by atoms with E-state index in [2.05, 4.69) is 0 Å². The maximum absolute atomic E-state index is 12.5. The van der Waals surface area contributed by atoms with Gasteiger partial charge in [-0.25, -0.2) is 12.7 Å². The first-order valence-corrected chi connectivity index (χ1v) is 9.50. The maximum Gasteiger partial charge on any atom is 0.225 e. The van der Waals surface area contributed by atoms with E-state index in [1.54, 1.807) is 0 Å². The number of hydrogen-bond donors (Lipinski definition) is 0. The van der Waals surface area contributed by atoms with Crippen molar-refractivity contribution in [3.63, 3.8) is 0 Å². The molecule has 0 bridgehead atoms. The van der Waals surface area contributed by atoms with Crippen LogP contribution in [0.15, 0.2) is 0 Å². The molecule has 0 spiro atoms. The van der Waals surface area contributed by atoms with Gasteiger partial charge in [0.2, 0.25) is 15.9 Å². The second-order valence-electron chi connectivity index (χ2n) is 6.21. The summed E-state index contributed by atoms with van der Waals surface area (Å²) in [7, 11) is -1.26. The van der Waals surface area contributed by atoms with E-state index in [1.165, 1.54) is 10.6 Å². The molecule has 0 N–H and O–H groups in total. The van der Waals surface area contributed by atoms with Crippen molar-refractivity contribution in [2.45, 2.75) is 25.7 Å². The molecule has 2 rings (SSSR count). The minimum atomic E-state index is -3.12. The van der Waals surface area contributed by atoms with Crippen molar-refractivity contribution < 1.29 is 17.9 Å². The molecule has 2 saturated heterocycles. The number of amides is 1. The van der Waals surface area contributed by atoms with E-state index < -0.39 is 10.0 Å². The molecule has 2 fully saturated rings. The van der Waals surface area contributed by atoms with Crippen LogP contribution in [0.25, 0.3) is 0 Å². The van der Waals surface area contributed by atoms with Gasteiger partial charge in [-0.05, 0) is 31.6 Å². The van der Waals surface area contributed by atoms with Crippen LogP contribution in [0.2, 0.25) is 0 Å². The zero-order valence-corrected chi connectivity index (χ0v) is 13.8. The first-order valence-electron chi connectivity index (χ1n) is 7.66. The second-order valence-corrected chi connectivity index (χ2v) is 8.19. The summed E-state index contributed by atoms with van der Waals surface area (Å²) in [5, 5.41) is 0. The summed E-state index contributed by atoms with van der Waals surface area (Å²) in [6.07, 6.45) is 4.52. The molecule has 2 heterocycles.